The Morgan fingerprint density at radius 3 is 2.32 bits per heavy atom. The van der Waals surface area contributed by atoms with Gasteiger partial charge in [0.25, 0.3) is 0 Å². The fourth-order valence-corrected chi connectivity index (χ4v) is 9.21. The van der Waals surface area contributed by atoms with Gasteiger partial charge >= 0.3 is 5.97 Å². The second-order valence-corrected chi connectivity index (χ2v) is 13.4. The third-order valence-electron chi connectivity index (χ3n) is 11.4. The van der Waals surface area contributed by atoms with Crippen LogP contribution in [0.5, 0.6) is 0 Å². The Balaban J connectivity index is 1.58. The topological polar surface area (TPSA) is 74.6 Å². The molecule has 0 bridgehead atoms. The molecule has 0 aromatic heterocycles. The average molecular weight is 471 g/mol. The van der Waals surface area contributed by atoms with Crippen LogP contribution in [0.1, 0.15) is 106 Å². The van der Waals surface area contributed by atoms with Crippen molar-refractivity contribution in [1.29, 1.82) is 0 Å². The Morgan fingerprint density at radius 2 is 1.68 bits per heavy atom. The molecule has 4 aliphatic carbocycles. The number of carboxylic acid groups (broad SMARTS) is 1. The maximum atomic E-state index is 12.8. The first-order valence-corrected chi connectivity index (χ1v) is 13.6. The van der Waals surface area contributed by atoms with Crippen LogP contribution in [0.2, 0.25) is 0 Å². The lowest BCUT2D eigenvalue weighted by molar-refractivity contribution is -0.139. The van der Waals surface area contributed by atoms with Gasteiger partial charge in [-0.15, -0.1) is 0 Å². The van der Waals surface area contributed by atoms with E-state index in [9.17, 15) is 14.7 Å². The number of Topliss-reactive ketones (excluding diaryl/α,β-unsaturated/α-hetero) is 1. The number of aliphatic hydroxyl groups is 1. The molecule has 2 N–H and O–H groups in total. The molecule has 0 saturated heterocycles. The van der Waals surface area contributed by atoms with Gasteiger partial charge in [0, 0.05) is 23.3 Å². The minimum atomic E-state index is -0.852. The molecule has 0 radical (unpaired) electrons. The van der Waals surface area contributed by atoms with Crippen LogP contribution in [0.25, 0.3) is 0 Å². The van der Waals surface area contributed by atoms with Gasteiger partial charge in [-0.3, -0.25) is 4.79 Å². The molecule has 7 atom stereocenters. The fourth-order valence-electron chi connectivity index (χ4n) is 9.21. The first-order valence-electron chi connectivity index (χ1n) is 13.6. The van der Waals surface area contributed by atoms with E-state index in [1.165, 1.54) is 0 Å². The second kappa shape index (κ2) is 8.32. The van der Waals surface area contributed by atoms with Crippen LogP contribution >= 0.6 is 0 Å². The maximum Gasteiger partial charge on any atom is 0.330 e. The predicted molar refractivity (Wildman–Crippen MR) is 135 cm³/mol. The molecule has 0 amide bonds. The maximum absolute atomic E-state index is 12.8. The number of aliphatic carboxylic acids is 1. The SMILES string of the molecule is CC(=CCCC(C)C1CCC2(C)C3=C(CC2C1(C)O)C1(C)CCC(=O)C(C)(C)C1CC3)C(=O)O. The van der Waals surface area contributed by atoms with Crippen LogP contribution < -0.4 is 0 Å². The summed E-state index contributed by atoms with van der Waals surface area (Å²) < 4.78 is 0. The van der Waals surface area contributed by atoms with E-state index in [4.69, 9.17) is 5.11 Å². The molecule has 0 aliphatic heterocycles. The van der Waals surface area contributed by atoms with Crippen molar-refractivity contribution >= 4 is 11.8 Å². The van der Waals surface area contributed by atoms with E-state index in [-0.39, 0.29) is 28.1 Å². The zero-order valence-corrected chi connectivity index (χ0v) is 22.5. The Hall–Kier alpha value is -1.42. The summed E-state index contributed by atoms with van der Waals surface area (Å²) in [6.45, 7) is 15.1. The molecule has 4 nitrogen and oxygen atoms in total. The largest absolute Gasteiger partial charge is 0.478 e. The summed E-state index contributed by atoms with van der Waals surface area (Å²) in [6, 6.07) is 0. The van der Waals surface area contributed by atoms with Crippen molar-refractivity contribution in [3.63, 3.8) is 0 Å². The third-order valence-corrected chi connectivity index (χ3v) is 11.4. The van der Waals surface area contributed by atoms with Crippen molar-refractivity contribution in [2.75, 3.05) is 0 Å². The van der Waals surface area contributed by atoms with Crippen LogP contribution in [0.15, 0.2) is 22.8 Å². The number of carbonyl (C=O) groups is 2. The predicted octanol–water partition coefficient (Wildman–Crippen LogP) is 6.72. The number of hydrogen-bond acceptors (Lipinski definition) is 3. The highest BCUT2D eigenvalue weighted by Gasteiger charge is 2.63. The number of fused-ring (bicyclic) bond motifs is 4. The van der Waals surface area contributed by atoms with Crippen molar-refractivity contribution < 1.29 is 19.8 Å². The van der Waals surface area contributed by atoms with Crippen molar-refractivity contribution in [3.8, 4) is 0 Å². The summed E-state index contributed by atoms with van der Waals surface area (Å²) in [7, 11) is 0. The zero-order chi connectivity index (χ0) is 25.3. The van der Waals surface area contributed by atoms with Crippen molar-refractivity contribution in [1.82, 2.24) is 0 Å². The summed E-state index contributed by atoms with van der Waals surface area (Å²) >= 11 is 0. The number of allylic oxidation sites excluding steroid dienone is 3. The minimum absolute atomic E-state index is 0.0500. The van der Waals surface area contributed by atoms with Gasteiger partial charge < -0.3 is 10.2 Å². The van der Waals surface area contributed by atoms with Gasteiger partial charge in [0.1, 0.15) is 5.78 Å². The monoisotopic (exact) mass is 470 g/mol. The van der Waals surface area contributed by atoms with E-state index in [2.05, 4.69) is 41.5 Å². The number of ketones is 1. The molecular weight excluding hydrogens is 424 g/mol. The first-order chi connectivity index (χ1) is 15.7. The minimum Gasteiger partial charge on any atom is -0.478 e. The van der Waals surface area contributed by atoms with Gasteiger partial charge in [-0.2, -0.15) is 0 Å². The van der Waals surface area contributed by atoms with E-state index in [0.717, 1.165) is 51.4 Å². The molecular formula is C30H46O4. The number of carbonyl (C=O) groups excluding carboxylic acids is 1. The molecule has 2 saturated carbocycles. The summed E-state index contributed by atoms with van der Waals surface area (Å²) in [5, 5.41) is 21.2. The van der Waals surface area contributed by atoms with E-state index < -0.39 is 11.6 Å². The van der Waals surface area contributed by atoms with Gasteiger partial charge in [0.2, 0.25) is 0 Å². The lowest BCUT2D eigenvalue weighted by atomic mass is 9.49. The summed E-state index contributed by atoms with van der Waals surface area (Å²) in [6.07, 6.45) is 10.4. The molecule has 190 valence electrons. The standard InChI is InChI=1S/C30H46O4/c1-18(9-8-10-19(2)26(32)33)20-13-15-28(5)21-11-12-23-27(3,4)25(31)14-16-29(23,6)22(21)17-24(28)30(20,7)34/h10,18,20,23-24,34H,8-9,11-17H2,1-7H3,(H,32,33). The Bertz CT molecular complexity index is 937. The van der Waals surface area contributed by atoms with Crippen LogP contribution in [0, 0.1) is 39.9 Å². The highest BCUT2D eigenvalue weighted by atomic mass is 16.4. The highest BCUT2D eigenvalue weighted by molar-refractivity contribution is 5.86. The molecule has 0 aromatic carbocycles. The third kappa shape index (κ3) is 3.65. The molecule has 7 unspecified atom stereocenters. The number of rotatable bonds is 5. The summed E-state index contributed by atoms with van der Waals surface area (Å²) in [5.41, 5.74) is 2.72. The van der Waals surface area contributed by atoms with E-state index in [1.807, 2.05) is 6.08 Å². The van der Waals surface area contributed by atoms with Gasteiger partial charge in [0.15, 0.2) is 0 Å². The van der Waals surface area contributed by atoms with Crippen LogP contribution in [0.3, 0.4) is 0 Å². The van der Waals surface area contributed by atoms with Crippen molar-refractivity contribution in [3.05, 3.63) is 22.8 Å². The molecule has 0 aromatic rings. The van der Waals surface area contributed by atoms with Crippen molar-refractivity contribution in [2.45, 2.75) is 112 Å². The van der Waals surface area contributed by atoms with E-state index >= 15 is 0 Å². The van der Waals surface area contributed by atoms with Gasteiger partial charge in [0.05, 0.1) is 5.60 Å². The molecule has 4 aliphatic rings. The normalized spacial score (nSPS) is 42.6. The van der Waals surface area contributed by atoms with Gasteiger partial charge in [-0.05, 0) is 93.8 Å². The fraction of sp³-hybridized carbons (Fsp3) is 0.800. The quantitative estimate of drug-likeness (QED) is 0.345. The Labute approximate surface area is 206 Å². The smallest absolute Gasteiger partial charge is 0.330 e. The van der Waals surface area contributed by atoms with Crippen molar-refractivity contribution in [2.24, 2.45) is 39.9 Å². The van der Waals surface area contributed by atoms with Gasteiger partial charge in [-0.1, -0.05) is 51.8 Å². The van der Waals surface area contributed by atoms with Crippen LogP contribution in [-0.4, -0.2) is 27.6 Å². The lowest BCUT2D eigenvalue weighted by Gasteiger charge is -2.55. The number of carboxylic acids is 1. The zero-order valence-electron chi connectivity index (χ0n) is 22.5. The van der Waals surface area contributed by atoms with Crippen LogP contribution in [-0.2, 0) is 9.59 Å². The first kappa shape index (κ1) is 25.7. The molecule has 2 fully saturated rings. The lowest BCUT2D eigenvalue weighted by Crippen LogP contribution is -2.54. The molecule has 0 spiro atoms. The van der Waals surface area contributed by atoms with E-state index in [0.29, 0.717) is 29.6 Å². The Morgan fingerprint density at radius 1 is 1.03 bits per heavy atom. The molecule has 34 heavy (non-hydrogen) atoms. The summed E-state index contributed by atoms with van der Waals surface area (Å²) in [5.74, 6) is 0.748. The van der Waals surface area contributed by atoms with E-state index in [1.54, 1.807) is 18.1 Å². The van der Waals surface area contributed by atoms with Crippen LogP contribution in [0.4, 0.5) is 0 Å². The molecule has 4 heteroatoms. The number of hydrogen-bond donors (Lipinski definition) is 2. The average Bonchev–Trinajstić information content (AvgIpc) is 3.06. The Kier molecular flexibility index (Phi) is 6.28. The molecule has 4 rings (SSSR count). The molecule has 0 heterocycles. The van der Waals surface area contributed by atoms with Gasteiger partial charge in [-0.25, -0.2) is 4.79 Å². The summed E-state index contributed by atoms with van der Waals surface area (Å²) in [4.78, 5) is 23.9. The second-order valence-electron chi connectivity index (χ2n) is 13.4. The highest BCUT2D eigenvalue weighted by Crippen LogP contribution is 2.70.